The van der Waals surface area contributed by atoms with Crippen LogP contribution in [0.2, 0.25) is 0 Å². The van der Waals surface area contributed by atoms with E-state index in [4.69, 9.17) is 4.74 Å². The highest BCUT2D eigenvalue weighted by Crippen LogP contribution is 2.31. The van der Waals surface area contributed by atoms with Crippen molar-refractivity contribution in [2.24, 2.45) is 0 Å². The van der Waals surface area contributed by atoms with E-state index in [0.717, 1.165) is 6.08 Å². The maximum atomic E-state index is 12.7. The Morgan fingerprint density at radius 1 is 1.23 bits per heavy atom. The van der Waals surface area contributed by atoms with Gasteiger partial charge in [-0.15, -0.1) is 0 Å². The van der Waals surface area contributed by atoms with Gasteiger partial charge in [0.05, 0.1) is 21.9 Å². The number of fused-ring (bicyclic) bond motifs is 1. The minimum atomic E-state index is -0.813. The molecule has 0 saturated carbocycles. The largest absolute Gasteiger partial charge is 0.452 e. The lowest BCUT2D eigenvalue weighted by molar-refractivity contribution is -0.385. The van der Waals surface area contributed by atoms with Crippen molar-refractivity contribution in [2.45, 2.75) is 19.4 Å². The van der Waals surface area contributed by atoms with Crippen LogP contribution in [0.15, 0.2) is 54.6 Å². The second kappa shape index (κ2) is 8.99. The Hall–Kier alpha value is -4.01. The van der Waals surface area contributed by atoms with Crippen LogP contribution in [0.4, 0.5) is 17.1 Å². The van der Waals surface area contributed by atoms with Crippen LogP contribution >= 0.6 is 0 Å². The average molecular weight is 409 g/mol. The van der Waals surface area contributed by atoms with Gasteiger partial charge in [-0.2, -0.15) is 0 Å². The SMILES string of the molecule is C[C@@H]1CC(=O)Nc2ccccc2N1C(=O)COC(=O)/C=C/c1ccccc1[N+](=O)[O-]. The Bertz CT molecular complexity index is 1030. The molecule has 1 aliphatic rings. The predicted octanol–water partition coefficient (Wildman–Crippen LogP) is 2.92. The number of hydrogen-bond donors (Lipinski definition) is 1. The Morgan fingerprint density at radius 2 is 1.93 bits per heavy atom. The smallest absolute Gasteiger partial charge is 0.331 e. The number of nitro benzene ring substituents is 1. The minimum Gasteiger partial charge on any atom is -0.452 e. The van der Waals surface area contributed by atoms with E-state index in [1.807, 2.05) is 0 Å². The Labute approximate surface area is 172 Å². The number of carbonyl (C=O) groups excluding carboxylic acids is 3. The second-order valence-electron chi connectivity index (χ2n) is 6.64. The first-order valence-corrected chi connectivity index (χ1v) is 9.16. The zero-order valence-corrected chi connectivity index (χ0v) is 16.1. The van der Waals surface area contributed by atoms with Gasteiger partial charge in [-0.25, -0.2) is 4.79 Å². The summed E-state index contributed by atoms with van der Waals surface area (Å²) in [6.07, 6.45) is 2.39. The number of carbonyl (C=O) groups is 3. The Morgan fingerprint density at radius 3 is 2.70 bits per heavy atom. The molecule has 3 rings (SSSR count). The van der Waals surface area contributed by atoms with Crippen LogP contribution in [0.5, 0.6) is 0 Å². The molecule has 0 bridgehead atoms. The van der Waals surface area contributed by atoms with Crippen LogP contribution in [0.3, 0.4) is 0 Å². The molecule has 0 saturated heterocycles. The number of anilines is 2. The van der Waals surface area contributed by atoms with Gasteiger partial charge in [-0.05, 0) is 31.2 Å². The normalized spacial score (nSPS) is 15.8. The number of amides is 2. The topological polar surface area (TPSA) is 119 Å². The molecule has 1 heterocycles. The summed E-state index contributed by atoms with van der Waals surface area (Å²) in [7, 11) is 0. The van der Waals surface area contributed by atoms with E-state index < -0.39 is 29.4 Å². The molecule has 1 aliphatic heterocycles. The van der Waals surface area contributed by atoms with Crippen LogP contribution in [-0.2, 0) is 19.1 Å². The fourth-order valence-corrected chi connectivity index (χ4v) is 3.17. The third-order valence-corrected chi connectivity index (χ3v) is 4.50. The summed E-state index contributed by atoms with van der Waals surface area (Å²) in [6.45, 7) is 1.20. The number of nitrogens with zero attached hydrogens (tertiary/aromatic N) is 2. The van der Waals surface area contributed by atoms with E-state index in [0.29, 0.717) is 11.4 Å². The van der Waals surface area contributed by atoms with Crippen LogP contribution in [-0.4, -0.2) is 35.4 Å². The lowest BCUT2D eigenvalue weighted by Crippen LogP contribution is -2.41. The van der Waals surface area contributed by atoms with Gasteiger partial charge < -0.3 is 15.0 Å². The first-order valence-electron chi connectivity index (χ1n) is 9.16. The molecule has 154 valence electrons. The van der Waals surface area contributed by atoms with Crippen molar-refractivity contribution in [3.63, 3.8) is 0 Å². The van der Waals surface area contributed by atoms with Gasteiger partial charge in [0.15, 0.2) is 6.61 Å². The molecule has 0 aromatic heterocycles. The summed E-state index contributed by atoms with van der Waals surface area (Å²) in [5, 5.41) is 13.8. The molecule has 2 aromatic rings. The lowest BCUT2D eigenvalue weighted by Gasteiger charge is -2.27. The van der Waals surface area contributed by atoms with Gasteiger partial charge >= 0.3 is 5.97 Å². The van der Waals surface area contributed by atoms with Crippen molar-refractivity contribution < 1.29 is 24.0 Å². The third kappa shape index (κ3) is 4.69. The summed E-state index contributed by atoms with van der Waals surface area (Å²) in [4.78, 5) is 48.6. The fourth-order valence-electron chi connectivity index (χ4n) is 3.17. The Kier molecular flexibility index (Phi) is 6.21. The second-order valence-corrected chi connectivity index (χ2v) is 6.64. The molecule has 0 radical (unpaired) electrons. The van der Waals surface area contributed by atoms with Crippen molar-refractivity contribution >= 4 is 40.9 Å². The van der Waals surface area contributed by atoms with Gasteiger partial charge in [0.2, 0.25) is 5.91 Å². The van der Waals surface area contributed by atoms with Crippen LogP contribution in [0, 0.1) is 10.1 Å². The summed E-state index contributed by atoms with van der Waals surface area (Å²) in [5.74, 6) is -1.51. The van der Waals surface area contributed by atoms with Crippen molar-refractivity contribution in [3.05, 3.63) is 70.3 Å². The van der Waals surface area contributed by atoms with E-state index in [-0.39, 0.29) is 23.6 Å². The van der Waals surface area contributed by atoms with Crippen LogP contribution < -0.4 is 10.2 Å². The molecule has 0 unspecified atom stereocenters. The highest BCUT2D eigenvalue weighted by Gasteiger charge is 2.29. The Balaban J connectivity index is 1.69. The zero-order valence-electron chi connectivity index (χ0n) is 16.1. The predicted molar refractivity (Wildman–Crippen MR) is 110 cm³/mol. The standard InChI is InChI=1S/C21H19N3O6/c1-14-12-19(25)22-16-7-3-5-9-18(16)23(14)20(26)13-30-21(27)11-10-15-6-2-4-8-17(15)24(28)29/h2-11,14H,12-13H2,1H3,(H,22,25)/b11-10+/t14-/m1/s1. The van der Waals surface area contributed by atoms with Gasteiger partial charge in [-0.1, -0.05) is 24.3 Å². The van der Waals surface area contributed by atoms with Gasteiger partial charge in [0.25, 0.3) is 11.6 Å². The molecule has 2 aromatic carbocycles. The van der Waals surface area contributed by atoms with Crippen LogP contribution in [0.25, 0.3) is 6.08 Å². The average Bonchev–Trinajstić information content (AvgIpc) is 2.84. The van der Waals surface area contributed by atoms with Crippen molar-refractivity contribution in [1.82, 2.24) is 0 Å². The third-order valence-electron chi connectivity index (χ3n) is 4.50. The lowest BCUT2D eigenvalue weighted by atomic mass is 10.1. The van der Waals surface area contributed by atoms with Gasteiger partial charge in [-0.3, -0.25) is 19.7 Å². The van der Waals surface area contributed by atoms with Crippen molar-refractivity contribution in [3.8, 4) is 0 Å². The molecule has 0 spiro atoms. The quantitative estimate of drug-likeness (QED) is 0.351. The number of nitro groups is 1. The van der Waals surface area contributed by atoms with Gasteiger partial charge in [0.1, 0.15) is 0 Å². The molecular formula is C21H19N3O6. The number of nitrogens with one attached hydrogen (secondary N) is 1. The maximum Gasteiger partial charge on any atom is 0.331 e. The number of para-hydroxylation sites is 3. The molecule has 0 fully saturated rings. The zero-order chi connectivity index (χ0) is 21.7. The minimum absolute atomic E-state index is 0.103. The summed E-state index contributed by atoms with van der Waals surface area (Å²) in [6, 6.07) is 12.4. The first-order chi connectivity index (χ1) is 14.4. The highest BCUT2D eigenvalue weighted by molar-refractivity contribution is 6.05. The number of ether oxygens (including phenoxy) is 1. The van der Waals surface area contributed by atoms with Crippen LogP contribution in [0.1, 0.15) is 18.9 Å². The van der Waals surface area contributed by atoms with Crippen molar-refractivity contribution in [1.29, 1.82) is 0 Å². The van der Waals surface area contributed by atoms with E-state index in [9.17, 15) is 24.5 Å². The molecule has 1 N–H and O–H groups in total. The summed E-state index contributed by atoms with van der Waals surface area (Å²) in [5.41, 5.74) is 1.12. The first kappa shape index (κ1) is 20.7. The molecule has 2 amide bonds. The molecule has 0 aliphatic carbocycles. The van der Waals surface area contributed by atoms with Crippen molar-refractivity contribution in [2.75, 3.05) is 16.8 Å². The summed E-state index contributed by atoms with van der Waals surface area (Å²) < 4.78 is 5.02. The number of rotatable bonds is 5. The fraction of sp³-hybridized carbons (Fsp3) is 0.190. The van der Waals surface area contributed by atoms with E-state index in [1.165, 1.54) is 29.2 Å². The molecular weight excluding hydrogens is 390 g/mol. The highest BCUT2D eigenvalue weighted by atomic mass is 16.6. The number of benzene rings is 2. The molecule has 1 atom stereocenters. The monoisotopic (exact) mass is 409 g/mol. The van der Waals surface area contributed by atoms with E-state index >= 15 is 0 Å². The number of esters is 1. The number of hydrogen-bond acceptors (Lipinski definition) is 6. The maximum absolute atomic E-state index is 12.7. The molecule has 30 heavy (non-hydrogen) atoms. The summed E-state index contributed by atoms with van der Waals surface area (Å²) >= 11 is 0. The van der Waals surface area contributed by atoms with E-state index in [1.54, 1.807) is 37.3 Å². The van der Waals surface area contributed by atoms with E-state index in [2.05, 4.69) is 5.32 Å². The molecule has 9 heteroatoms. The molecule has 9 nitrogen and oxygen atoms in total. The van der Waals surface area contributed by atoms with Gasteiger partial charge in [0, 0.05) is 24.6 Å².